The molecule has 2 aliphatic rings. The van der Waals surface area contributed by atoms with Crippen LogP contribution in [0.25, 0.3) is 11.0 Å². The second-order valence-corrected chi connectivity index (χ2v) is 11.7. The molecule has 12 heteroatoms. The van der Waals surface area contributed by atoms with Crippen molar-refractivity contribution in [2.45, 2.75) is 71.9 Å². The van der Waals surface area contributed by atoms with Crippen LogP contribution in [0.2, 0.25) is 0 Å². The first-order valence-electron chi connectivity index (χ1n) is 14.1. The van der Waals surface area contributed by atoms with Gasteiger partial charge in [-0.05, 0) is 65.2 Å². The molecular formula is C29H37N7O5. The van der Waals surface area contributed by atoms with Gasteiger partial charge in [0.25, 0.3) is 11.5 Å². The Morgan fingerprint density at radius 2 is 1.78 bits per heavy atom. The van der Waals surface area contributed by atoms with Gasteiger partial charge in [-0.25, -0.2) is 9.78 Å². The third-order valence-electron chi connectivity index (χ3n) is 7.64. The summed E-state index contributed by atoms with van der Waals surface area (Å²) in [6, 6.07) is 3.47. The second-order valence-electron chi connectivity index (χ2n) is 11.7. The minimum Gasteiger partial charge on any atom is -0.444 e. The van der Waals surface area contributed by atoms with Crippen molar-refractivity contribution in [3.8, 4) is 0 Å². The van der Waals surface area contributed by atoms with E-state index in [-0.39, 0.29) is 40.5 Å². The Bertz CT molecular complexity index is 1620. The van der Waals surface area contributed by atoms with Crippen LogP contribution in [0.3, 0.4) is 0 Å². The van der Waals surface area contributed by atoms with Crippen LogP contribution in [0, 0.1) is 6.92 Å². The summed E-state index contributed by atoms with van der Waals surface area (Å²) in [5.41, 5.74) is 1.30. The van der Waals surface area contributed by atoms with Gasteiger partial charge in [0, 0.05) is 43.8 Å². The van der Waals surface area contributed by atoms with Gasteiger partial charge in [0.05, 0.1) is 17.4 Å². The Kier molecular flexibility index (Phi) is 7.58. The molecule has 4 heterocycles. The lowest BCUT2D eigenvalue weighted by molar-refractivity contribution is 0.0240. The number of nitrogens with zero attached hydrogens (tertiary/aromatic N) is 7. The van der Waals surface area contributed by atoms with Crippen LogP contribution >= 0.6 is 0 Å². The molecule has 3 aromatic rings. The molecule has 2 fully saturated rings. The molecule has 0 bridgehead atoms. The van der Waals surface area contributed by atoms with Crippen molar-refractivity contribution in [3.63, 3.8) is 0 Å². The summed E-state index contributed by atoms with van der Waals surface area (Å²) < 4.78 is 8.02. The molecule has 41 heavy (non-hydrogen) atoms. The van der Waals surface area contributed by atoms with Crippen molar-refractivity contribution in [2.75, 3.05) is 31.1 Å². The van der Waals surface area contributed by atoms with E-state index in [0.29, 0.717) is 42.8 Å². The molecule has 218 valence electrons. The molecule has 0 spiro atoms. The monoisotopic (exact) mass is 563 g/mol. The zero-order valence-corrected chi connectivity index (χ0v) is 24.3. The first-order chi connectivity index (χ1) is 19.4. The summed E-state index contributed by atoms with van der Waals surface area (Å²) in [6.45, 7) is 10.9. The summed E-state index contributed by atoms with van der Waals surface area (Å²) >= 11 is 0. The minimum absolute atomic E-state index is 0.0377. The molecule has 0 radical (unpaired) electrons. The summed E-state index contributed by atoms with van der Waals surface area (Å²) in [4.78, 5) is 55.4. The van der Waals surface area contributed by atoms with Crippen LogP contribution < -0.4 is 15.9 Å². The predicted molar refractivity (Wildman–Crippen MR) is 153 cm³/mol. The number of anilines is 1. The molecule has 12 nitrogen and oxygen atoms in total. The second kappa shape index (κ2) is 11.0. The summed E-state index contributed by atoms with van der Waals surface area (Å²) in [5.74, 6) is -0.178. The Hall–Kier alpha value is -4.22. The molecule has 3 aromatic heterocycles. The number of pyridine rings is 2. The number of ether oxygens (including phenoxy) is 1. The number of piperazine rings is 1. The van der Waals surface area contributed by atoms with Crippen molar-refractivity contribution in [2.24, 2.45) is 4.99 Å². The maximum atomic E-state index is 13.4. The van der Waals surface area contributed by atoms with Crippen molar-refractivity contribution in [1.29, 1.82) is 0 Å². The van der Waals surface area contributed by atoms with E-state index in [2.05, 4.69) is 19.9 Å². The molecule has 1 aliphatic carbocycles. The van der Waals surface area contributed by atoms with Gasteiger partial charge in [-0.3, -0.25) is 14.2 Å². The lowest BCUT2D eigenvalue weighted by Gasteiger charge is -2.36. The third kappa shape index (κ3) is 5.82. The molecule has 5 rings (SSSR count). The first-order valence-corrected chi connectivity index (χ1v) is 14.1. The molecule has 0 unspecified atom stereocenters. The van der Waals surface area contributed by atoms with E-state index in [9.17, 15) is 19.6 Å². The first kappa shape index (κ1) is 28.3. The summed E-state index contributed by atoms with van der Waals surface area (Å²) in [5, 5.41) is 11.4. The molecular weight excluding hydrogens is 526 g/mol. The van der Waals surface area contributed by atoms with Crippen LogP contribution in [0.1, 0.15) is 75.3 Å². The number of ketones is 1. The van der Waals surface area contributed by atoms with Crippen LogP contribution in [0.4, 0.5) is 16.4 Å². The highest BCUT2D eigenvalue weighted by molar-refractivity contribution is 5.99. The topological polar surface area (TPSA) is 135 Å². The number of amides is 1. The lowest BCUT2D eigenvalue weighted by atomic mass is 10.0. The Labute approximate surface area is 237 Å². The van der Waals surface area contributed by atoms with Crippen molar-refractivity contribution >= 4 is 34.5 Å². The van der Waals surface area contributed by atoms with Gasteiger partial charge in [-0.2, -0.15) is 14.7 Å². The molecule has 0 atom stereocenters. The highest BCUT2D eigenvalue weighted by Gasteiger charge is 2.27. The largest absolute Gasteiger partial charge is 0.444 e. The molecule has 1 N–H and O–H groups in total. The average molecular weight is 564 g/mol. The van der Waals surface area contributed by atoms with Gasteiger partial charge >= 0.3 is 6.09 Å². The molecule has 1 aliphatic heterocycles. The normalized spacial score (nSPS) is 17.0. The van der Waals surface area contributed by atoms with E-state index >= 15 is 0 Å². The zero-order valence-electron chi connectivity index (χ0n) is 24.3. The number of aryl methyl sites for hydroxylation is 1. The number of rotatable bonds is 4. The van der Waals surface area contributed by atoms with Gasteiger partial charge in [-0.15, -0.1) is 0 Å². The lowest BCUT2D eigenvalue weighted by Crippen LogP contribution is -2.50. The standard InChI is InChI=1S/C29H37N7O5/c1-18-22-16-30-27(32-25(22)36(20-8-6-7-9-20)26(38)24(18)19(2)37)31-23-11-10-21(17-35(23)40)33-12-14-34(15-13-33)28(39)41-29(3,4)5/h10-11,16-17,20,40H,6-9,12-15H2,1-5H3/b31-23-. The maximum absolute atomic E-state index is 13.4. The van der Waals surface area contributed by atoms with Crippen molar-refractivity contribution < 1.29 is 19.5 Å². The Balaban J connectivity index is 1.43. The fourth-order valence-electron chi connectivity index (χ4n) is 5.62. The van der Waals surface area contributed by atoms with Crippen LogP contribution in [-0.2, 0) is 4.74 Å². The number of carbonyl (C=O) groups excluding carboxylic acids is 2. The number of hydrogen-bond acceptors (Lipinski definition) is 9. The van der Waals surface area contributed by atoms with Gasteiger partial charge < -0.3 is 19.7 Å². The highest BCUT2D eigenvalue weighted by atomic mass is 16.6. The quantitative estimate of drug-likeness (QED) is 0.375. The molecule has 1 amide bonds. The molecule has 1 saturated carbocycles. The Morgan fingerprint density at radius 3 is 2.39 bits per heavy atom. The van der Waals surface area contributed by atoms with Crippen LogP contribution in [0.5, 0.6) is 0 Å². The summed E-state index contributed by atoms with van der Waals surface area (Å²) in [7, 11) is 0. The van der Waals surface area contributed by atoms with E-state index in [1.807, 2.05) is 26.8 Å². The highest BCUT2D eigenvalue weighted by Crippen LogP contribution is 2.32. The van der Waals surface area contributed by atoms with E-state index in [1.165, 1.54) is 6.92 Å². The van der Waals surface area contributed by atoms with Crippen LogP contribution in [-0.4, -0.2) is 73.0 Å². The van der Waals surface area contributed by atoms with Crippen molar-refractivity contribution in [1.82, 2.24) is 24.2 Å². The van der Waals surface area contributed by atoms with Crippen molar-refractivity contribution in [3.05, 3.63) is 51.5 Å². The summed E-state index contributed by atoms with van der Waals surface area (Å²) in [6.07, 6.45) is 6.53. The number of hydrogen-bond donors (Lipinski definition) is 1. The average Bonchev–Trinajstić information content (AvgIpc) is 3.43. The van der Waals surface area contributed by atoms with E-state index in [1.54, 1.807) is 34.9 Å². The zero-order chi connectivity index (χ0) is 29.5. The van der Waals surface area contributed by atoms with Gasteiger partial charge in [0.1, 0.15) is 11.2 Å². The molecule has 0 aromatic carbocycles. The fraction of sp³-hybridized carbons (Fsp3) is 0.517. The van der Waals surface area contributed by atoms with Gasteiger partial charge in [-0.1, -0.05) is 12.8 Å². The number of carbonyl (C=O) groups is 2. The number of fused-ring (bicyclic) bond motifs is 1. The maximum Gasteiger partial charge on any atom is 0.410 e. The predicted octanol–water partition coefficient (Wildman–Crippen LogP) is 3.75. The third-order valence-corrected chi connectivity index (χ3v) is 7.64. The number of Topliss-reactive ketones (excluding diaryl/α,β-unsaturated/α-hetero) is 1. The van der Waals surface area contributed by atoms with Gasteiger partial charge in [0.2, 0.25) is 0 Å². The Morgan fingerprint density at radius 1 is 1.10 bits per heavy atom. The van der Waals surface area contributed by atoms with E-state index in [0.717, 1.165) is 36.1 Å². The number of aromatic nitrogens is 4. The molecule has 1 saturated heterocycles. The fourth-order valence-corrected chi connectivity index (χ4v) is 5.62. The SMILES string of the molecule is CC(=O)c1c(C)c2cnc(/N=c3/ccc(N4CCN(C(=O)OC(C)(C)C)CC4)cn3O)nc2n(C2CCCC2)c1=O. The smallest absolute Gasteiger partial charge is 0.410 e. The van der Waals surface area contributed by atoms with Gasteiger partial charge in [0.15, 0.2) is 11.3 Å². The minimum atomic E-state index is -0.547. The van der Waals surface area contributed by atoms with E-state index in [4.69, 9.17) is 4.74 Å². The van der Waals surface area contributed by atoms with E-state index < -0.39 is 5.60 Å². The van der Waals surface area contributed by atoms with Crippen LogP contribution in [0.15, 0.2) is 34.3 Å².